The lowest BCUT2D eigenvalue weighted by Gasteiger charge is -2.42. The summed E-state index contributed by atoms with van der Waals surface area (Å²) in [6.45, 7) is 9.93. The van der Waals surface area contributed by atoms with Gasteiger partial charge in [-0.2, -0.15) is 0 Å². The third-order valence-electron chi connectivity index (χ3n) is 9.33. The lowest BCUT2D eigenvalue weighted by molar-refractivity contribution is 0.0889. The predicted molar refractivity (Wildman–Crippen MR) is 149 cm³/mol. The molecule has 2 aliphatic heterocycles. The van der Waals surface area contributed by atoms with E-state index in [0.29, 0.717) is 12.1 Å². The van der Waals surface area contributed by atoms with Crippen molar-refractivity contribution in [2.75, 3.05) is 32.4 Å². The molecule has 0 radical (unpaired) electrons. The zero-order valence-corrected chi connectivity index (χ0v) is 23.7. The van der Waals surface area contributed by atoms with Crippen LogP contribution in [0.4, 0.5) is 4.39 Å². The van der Waals surface area contributed by atoms with E-state index in [0.717, 1.165) is 79.6 Å². The quantitative estimate of drug-likeness (QED) is 0.503. The predicted octanol–water partition coefficient (Wildman–Crippen LogP) is 5.28. The van der Waals surface area contributed by atoms with Gasteiger partial charge in [0.05, 0.1) is 12.8 Å². The Morgan fingerprint density at radius 3 is 2.27 bits per heavy atom. The SMILES string of the molecule is CC(C)C1CCC(N2CCC(n3c(CNS(C)(=O)=O)c(CN4CCCC4)c4cc(F)ccc43)CC2)CC1. The number of fused-ring (bicyclic) bond motifs is 1. The first-order chi connectivity index (χ1) is 17.7. The highest BCUT2D eigenvalue weighted by Crippen LogP contribution is 2.38. The Labute approximate surface area is 222 Å². The standard InChI is InChI=1S/C29H45FN4O2S/c1-21(2)22-6-9-24(10-7-22)33-16-12-25(13-17-33)34-28-11-8-23(30)18-26(28)27(20-32-14-4-5-15-32)29(34)19-31-37(3,35)36/h8,11,18,21-22,24-25,31H,4-7,9-10,12-17,19-20H2,1-3H3. The second-order valence-electron chi connectivity index (χ2n) is 12.1. The number of nitrogens with one attached hydrogen (secondary N) is 1. The van der Waals surface area contributed by atoms with Gasteiger partial charge < -0.3 is 9.47 Å². The van der Waals surface area contributed by atoms with E-state index >= 15 is 0 Å². The summed E-state index contributed by atoms with van der Waals surface area (Å²) in [6, 6.07) is 6.10. The number of hydrogen-bond acceptors (Lipinski definition) is 4. The summed E-state index contributed by atoms with van der Waals surface area (Å²) < 4.78 is 43.8. The summed E-state index contributed by atoms with van der Waals surface area (Å²) in [5.74, 6) is 1.42. The highest BCUT2D eigenvalue weighted by atomic mass is 32.2. The van der Waals surface area contributed by atoms with E-state index in [1.54, 1.807) is 12.1 Å². The van der Waals surface area contributed by atoms with Crippen LogP contribution in [0.5, 0.6) is 0 Å². The number of likely N-dealkylation sites (tertiary alicyclic amines) is 2. The first-order valence-electron chi connectivity index (χ1n) is 14.4. The van der Waals surface area contributed by atoms with Crippen molar-refractivity contribution in [3.05, 3.63) is 35.3 Å². The van der Waals surface area contributed by atoms with Crippen LogP contribution >= 0.6 is 0 Å². The molecule has 0 amide bonds. The Balaban J connectivity index is 1.41. The fourth-order valence-electron chi connectivity index (χ4n) is 7.20. The van der Waals surface area contributed by atoms with Crippen LogP contribution in [0.1, 0.15) is 82.5 Å². The van der Waals surface area contributed by atoms with Gasteiger partial charge in [0, 0.05) is 48.3 Å². The van der Waals surface area contributed by atoms with E-state index in [1.165, 1.54) is 44.8 Å². The number of halogens is 1. The fraction of sp³-hybridized carbons (Fsp3) is 0.724. The molecule has 1 saturated carbocycles. The van der Waals surface area contributed by atoms with Gasteiger partial charge in [0.2, 0.25) is 10.0 Å². The zero-order chi connectivity index (χ0) is 26.2. The maximum Gasteiger partial charge on any atom is 0.209 e. The molecule has 3 aliphatic rings. The molecule has 2 saturated heterocycles. The average molecular weight is 533 g/mol. The smallest absolute Gasteiger partial charge is 0.209 e. The van der Waals surface area contributed by atoms with E-state index in [-0.39, 0.29) is 12.4 Å². The van der Waals surface area contributed by atoms with Gasteiger partial charge >= 0.3 is 0 Å². The number of sulfonamides is 1. The number of piperidine rings is 1. The topological polar surface area (TPSA) is 57.6 Å². The third kappa shape index (κ3) is 6.23. The second kappa shape index (κ2) is 11.3. The molecule has 1 N–H and O–H groups in total. The zero-order valence-electron chi connectivity index (χ0n) is 22.9. The largest absolute Gasteiger partial charge is 0.340 e. The summed E-state index contributed by atoms with van der Waals surface area (Å²) in [6.07, 6.45) is 11.0. The van der Waals surface area contributed by atoms with Crippen LogP contribution in [0.15, 0.2) is 18.2 Å². The third-order valence-corrected chi connectivity index (χ3v) is 10.00. The Kier molecular flexibility index (Phi) is 8.30. The molecular weight excluding hydrogens is 487 g/mol. The van der Waals surface area contributed by atoms with Crippen LogP contribution in [-0.2, 0) is 23.1 Å². The Hall–Kier alpha value is -1.48. The normalized spacial score (nSPS) is 25.0. The highest BCUT2D eigenvalue weighted by molar-refractivity contribution is 7.88. The van der Waals surface area contributed by atoms with E-state index in [4.69, 9.17) is 0 Å². The van der Waals surface area contributed by atoms with Crippen molar-refractivity contribution in [1.82, 2.24) is 19.1 Å². The van der Waals surface area contributed by atoms with Crippen molar-refractivity contribution < 1.29 is 12.8 Å². The molecule has 8 heteroatoms. The number of rotatable bonds is 8. The molecule has 1 aromatic heterocycles. The molecule has 0 spiro atoms. The molecule has 0 atom stereocenters. The summed E-state index contributed by atoms with van der Waals surface area (Å²) in [5.41, 5.74) is 3.13. The molecule has 6 nitrogen and oxygen atoms in total. The number of nitrogens with zero attached hydrogens (tertiary/aromatic N) is 3. The van der Waals surface area contributed by atoms with Crippen molar-refractivity contribution in [2.45, 2.75) is 90.4 Å². The van der Waals surface area contributed by atoms with Crippen LogP contribution in [0.2, 0.25) is 0 Å². The molecule has 3 fully saturated rings. The van der Waals surface area contributed by atoms with Gasteiger partial charge in [-0.15, -0.1) is 0 Å². The fourth-order valence-corrected chi connectivity index (χ4v) is 7.60. The summed E-state index contributed by atoms with van der Waals surface area (Å²) in [4.78, 5) is 5.13. The summed E-state index contributed by atoms with van der Waals surface area (Å²) >= 11 is 0. The first kappa shape index (κ1) is 27.1. The number of benzene rings is 1. The van der Waals surface area contributed by atoms with Gasteiger partial charge in [-0.25, -0.2) is 17.5 Å². The van der Waals surface area contributed by atoms with Crippen LogP contribution in [0.25, 0.3) is 10.9 Å². The Morgan fingerprint density at radius 1 is 0.973 bits per heavy atom. The minimum atomic E-state index is -3.35. The highest BCUT2D eigenvalue weighted by Gasteiger charge is 2.32. The van der Waals surface area contributed by atoms with Gasteiger partial charge in [-0.1, -0.05) is 13.8 Å². The van der Waals surface area contributed by atoms with Crippen molar-refractivity contribution in [3.8, 4) is 0 Å². The second-order valence-corrected chi connectivity index (χ2v) is 13.9. The van der Waals surface area contributed by atoms with E-state index in [1.807, 2.05) is 6.07 Å². The molecule has 206 valence electrons. The van der Waals surface area contributed by atoms with Crippen molar-refractivity contribution in [1.29, 1.82) is 0 Å². The molecule has 5 rings (SSSR count). The molecule has 0 bridgehead atoms. The molecule has 3 heterocycles. The average Bonchev–Trinajstić information content (AvgIpc) is 3.49. The molecule has 37 heavy (non-hydrogen) atoms. The molecule has 1 aromatic carbocycles. The van der Waals surface area contributed by atoms with Crippen LogP contribution in [0.3, 0.4) is 0 Å². The Bertz CT molecular complexity index is 1170. The minimum Gasteiger partial charge on any atom is -0.340 e. The Morgan fingerprint density at radius 2 is 1.65 bits per heavy atom. The van der Waals surface area contributed by atoms with Gasteiger partial charge in [0.15, 0.2) is 0 Å². The van der Waals surface area contributed by atoms with Crippen LogP contribution < -0.4 is 4.72 Å². The number of aromatic nitrogens is 1. The maximum atomic E-state index is 14.5. The number of hydrogen-bond donors (Lipinski definition) is 1. The van der Waals surface area contributed by atoms with E-state index < -0.39 is 10.0 Å². The van der Waals surface area contributed by atoms with Crippen molar-refractivity contribution in [3.63, 3.8) is 0 Å². The molecule has 0 unspecified atom stereocenters. The first-order valence-corrected chi connectivity index (χ1v) is 16.3. The van der Waals surface area contributed by atoms with Gasteiger partial charge in [-0.05, 0) is 100 Å². The van der Waals surface area contributed by atoms with E-state index in [2.05, 4.69) is 32.9 Å². The van der Waals surface area contributed by atoms with Crippen molar-refractivity contribution in [2.24, 2.45) is 11.8 Å². The van der Waals surface area contributed by atoms with E-state index in [9.17, 15) is 12.8 Å². The lowest BCUT2D eigenvalue weighted by Crippen LogP contribution is -2.44. The lowest BCUT2D eigenvalue weighted by atomic mass is 9.79. The molecular formula is C29H45FN4O2S. The van der Waals surface area contributed by atoms with Gasteiger partial charge in [0.25, 0.3) is 0 Å². The molecule has 2 aromatic rings. The summed E-state index contributed by atoms with van der Waals surface area (Å²) in [7, 11) is -3.35. The van der Waals surface area contributed by atoms with Gasteiger partial charge in [0.1, 0.15) is 5.82 Å². The maximum absolute atomic E-state index is 14.5. The molecule has 1 aliphatic carbocycles. The van der Waals surface area contributed by atoms with Crippen LogP contribution in [-0.4, -0.2) is 61.3 Å². The summed E-state index contributed by atoms with van der Waals surface area (Å²) in [5, 5.41) is 0.937. The minimum absolute atomic E-state index is 0.234. The van der Waals surface area contributed by atoms with Gasteiger partial charge in [-0.3, -0.25) is 4.90 Å². The van der Waals surface area contributed by atoms with Crippen LogP contribution in [0, 0.1) is 17.7 Å². The van der Waals surface area contributed by atoms with Crippen molar-refractivity contribution >= 4 is 20.9 Å². The monoisotopic (exact) mass is 532 g/mol.